The summed E-state index contributed by atoms with van der Waals surface area (Å²) in [5, 5.41) is 0. The van der Waals surface area contributed by atoms with E-state index in [4.69, 9.17) is 28.7 Å². The van der Waals surface area contributed by atoms with Crippen molar-refractivity contribution >= 4 is 5.97 Å². The van der Waals surface area contributed by atoms with Crippen LogP contribution in [0.5, 0.6) is 0 Å². The van der Waals surface area contributed by atoms with Crippen molar-refractivity contribution in [3.8, 4) is 0 Å². The van der Waals surface area contributed by atoms with Crippen molar-refractivity contribution in [1.29, 1.82) is 0 Å². The fourth-order valence-corrected chi connectivity index (χ4v) is 5.56. The number of esters is 1. The first-order chi connectivity index (χ1) is 12.9. The van der Waals surface area contributed by atoms with Crippen LogP contribution in [0.2, 0.25) is 0 Å². The zero-order valence-corrected chi connectivity index (χ0v) is 16.8. The van der Waals surface area contributed by atoms with E-state index in [0.29, 0.717) is 31.3 Å². The molecule has 4 aliphatic heterocycles. The third-order valence-electron chi connectivity index (χ3n) is 7.07. The molecule has 0 aromatic heterocycles. The fourth-order valence-electron chi connectivity index (χ4n) is 5.56. The first-order valence-electron chi connectivity index (χ1n) is 10.3. The second kappa shape index (κ2) is 7.26. The van der Waals surface area contributed by atoms with Crippen LogP contribution < -0.4 is 0 Å². The fraction of sp³-hybridized carbons (Fsp3) is 0.950. The summed E-state index contributed by atoms with van der Waals surface area (Å²) in [4.78, 5) is 24.1. The van der Waals surface area contributed by atoms with Crippen LogP contribution in [0.25, 0.3) is 0 Å². The Morgan fingerprint density at radius 3 is 2.74 bits per heavy atom. The third-order valence-corrected chi connectivity index (χ3v) is 7.07. The van der Waals surface area contributed by atoms with Gasteiger partial charge in [0, 0.05) is 38.4 Å². The molecule has 7 heteroatoms. The largest absolute Gasteiger partial charge is 0.435 e. The van der Waals surface area contributed by atoms with E-state index >= 15 is 0 Å². The molecule has 0 aromatic rings. The highest BCUT2D eigenvalue weighted by Gasteiger charge is 2.69. The molecule has 4 saturated heterocycles. The van der Waals surface area contributed by atoms with Crippen LogP contribution in [0.4, 0.5) is 0 Å². The Hall–Kier alpha value is -0.730. The smallest absolute Gasteiger partial charge is 0.308 e. The van der Waals surface area contributed by atoms with Gasteiger partial charge in [-0.1, -0.05) is 13.8 Å². The van der Waals surface area contributed by atoms with Crippen molar-refractivity contribution in [1.82, 2.24) is 0 Å². The normalized spacial score (nSPS) is 48.6. The Morgan fingerprint density at radius 2 is 1.96 bits per heavy atom. The van der Waals surface area contributed by atoms with Gasteiger partial charge in [0.2, 0.25) is 12.1 Å². The van der Waals surface area contributed by atoms with Gasteiger partial charge in [-0.3, -0.25) is 4.79 Å². The third kappa shape index (κ3) is 3.21. The Balaban J connectivity index is 1.56. The lowest BCUT2D eigenvalue weighted by Crippen LogP contribution is -2.70. The van der Waals surface area contributed by atoms with Gasteiger partial charge < -0.3 is 18.9 Å². The van der Waals surface area contributed by atoms with Crippen molar-refractivity contribution in [2.45, 2.75) is 83.3 Å². The summed E-state index contributed by atoms with van der Waals surface area (Å²) in [5.41, 5.74) is -0.619. The number of hydrogen-bond acceptors (Lipinski definition) is 7. The van der Waals surface area contributed by atoms with Gasteiger partial charge in [-0.25, -0.2) is 9.78 Å². The van der Waals surface area contributed by atoms with E-state index in [1.807, 2.05) is 6.92 Å². The molecule has 27 heavy (non-hydrogen) atoms. The minimum absolute atomic E-state index is 0.0114. The molecule has 2 bridgehead atoms. The minimum Gasteiger partial charge on any atom is -0.435 e. The molecule has 7 nitrogen and oxygen atoms in total. The lowest BCUT2D eigenvalue weighted by atomic mass is 9.58. The van der Waals surface area contributed by atoms with E-state index in [0.717, 1.165) is 25.7 Å². The zero-order valence-electron chi connectivity index (χ0n) is 16.8. The maximum atomic E-state index is 12.3. The van der Waals surface area contributed by atoms with Gasteiger partial charge in [0.05, 0.1) is 0 Å². The second-order valence-electron chi connectivity index (χ2n) is 8.86. The minimum atomic E-state index is -0.814. The van der Waals surface area contributed by atoms with Crippen molar-refractivity contribution in [3.05, 3.63) is 0 Å². The molecule has 1 saturated carbocycles. The second-order valence-corrected chi connectivity index (χ2v) is 8.86. The summed E-state index contributed by atoms with van der Waals surface area (Å²) in [6, 6.07) is 0. The summed E-state index contributed by atoms with van der Waals surface area (Å²) in [6.45, 7) is 6.79. The summed E-state index contributed by atoms with van der Waals surface area (Å²) in [7, 11) is 1.62. The summed E-state index contributed by atoms with van der Waals surface area (Å²) in [6.07, 6.45) is 3.62. The molecule has 1 spiro atoms. The Morgan fingerprint density at radius 1 is 1.15 bits per heavy atom. The number of hydrogen-bond donors (Lipinski definition) is 0. The van der Waals surface area contributed by atoms with Crippen molar-refractivity contribution < 1.29 is 33.5 Å². The number of methoxy groups -OCH3 is 1. The van der Waals surface area contributed by atoms with Gasteiger partial charge in [0.25, 0.3) is 0 Å². The number of carbonyl (C=O) groups is 1. The number of fused-ring (bicyclic) bond motifs is 2. The molecule has 1 aliphatic carbocycles. The Labute approximate surface area is 160 Å². The first-order valence-corrected chi connectivity index (χ1v) is 10.3. The quantitative estimate of drug-likeness (QED) is 0.409. The summed E-state index contributed by atoms with van der Waals surface area (Å²) >= 11 is 0. The molecule has 5 fully saturated rings. The SMILES string of the molecule is COCCCC(=O)O[C@H]1O[C@@H]2OC3(C)CC[C@H]4[C@H](C)CC[C@@H]([C@H]1C)[C@@]24OO3. The van der Waals surface area contributed by atoms with Crippen LogP contribution in [0.3, 0.4) is 0 Å². The summed E-state index contributed by atoms with van der Waals surface area (Å²) in [5.74, 6) is -0.0749. The number of carbonyl (C=O) groups excluding carboxylic acids is 1. The van der Waals surface area contributed by atoms with E-state index in [-0.39, 0.29) is 17.8 Å². The van der Waals surface area contributed by atoms with Crippen molar-refractivity contribution in [3.63, 3.8) is 0 Å². The number of ether oxygens (including phenoxy) is 4. The molecule has 8 atom stereocenters. The van der Waals surface area contributed by atoms with E-state index in [1.54, 1.807) is 7.11 Å². The number of rotatable bonds is 5. The summed E-state index contributed by atoms with van der Waals surface area (Å²) < 4.78 is 23.2. The van der Waals surface area contributed by atoms with Gasteiger partial charge in [0.15, 0.2) is 11.9 Å². The molecular formula is C20H32O7. The maximum Gasteiger partial charge on any atom is 0.308 e. The lowest BCUT2D eigenvalue weighted by molar-refractivity contribution is -0.576. The monoisotopic (exact) mass is 384 g/mol. The van der Waals surface area contributed by atoms with Gasteiger partial charge in [-0.05, 0) is 44.4 Å². The van der Waals surface area contributed by atoms with E-state index < -0.39 is 24.0 Å². The zero-order chi connectivity index (χ0) is 19.2. The van der Waals surface area contributed by atoms with Crippen LogP contribution in [-0.4, -0.2) is 43.7 Å². The highest BCUT2D eigenvalue weighted by molar-refractivity contribution is 5.69. The van der Waals surface area contributed by atoms with E-state index in [1.165, 1.54) is 0 Å². The molecule has 5 aliphatic rings. The van der Waals surface area contributed by atoms with Crippen LogP contribution in [0.1, 0.15) is 59.3 Å². The highest BCUT2D eigenvalue weighted by Crippen LogP contribution is 2.60. The topological polar surface area (TPSA) is 72.5 Å². The molecule has 0 amide bonds. The highest BCUT2D eigenvalue weighted by atomic mass is 17.3. The average molecular weight is 384 g/mol. The standard InChI is InChI=1S/C20H32O7/c1-12-7-8-15-13(2)17(23-16(21)6-5-11-22-4)24-18-20(15)14(12)9-10-19(3,25-18)26-27-20/h12-15,17-18H,5-11H2,1-4H3/t12-,13-,14+,15+,17+,18-,19?,20-/m1/s1. The van der Waals surface area contributed by atoms with Gasteiger partial charge in [0.1, 0.15) is 0 Å². The molecule has 1 unspecified atom stereocenters. The molecule has 0 N–H and O–H groups in total. The molecule has 5 rings (SSSR count). The van der Waals surface area contributed by atoms with Crippen LogP contribution >= 0.6 is 0 Å². The van der Waals surface area contributed by atoms with Gasteiger partial charge >= 0.3 is 5.97 Å². The Kier molecular flexibility index (Phi) is 5.27. The first kappa shape index (κ1) is 19.6. The van der Waals surface area contributed by atoms with Gasteiger partial charge in [-0.2, -0.15) is 0 Å². The molecule has 0 radical (unpaired) electrons. The maximum absolute atomic E-state index is 12.3. The van der Waals surface area contributed by atoms with E-state index in [9.17, 15) is 4.79 Å². The van der Waals surface area contributed by atoms with Crippen molar-refractivity contribution in [2.24, 2.45) is 23.7 Å². The van der Waals surface area contributed by atoms with Crippen LogP contribution in [0.15, 0.2) is 0 Å². The predicted molar refractivity (Wildman–Crippen MR) is 94.0 cm³/mol. The molecule has 4 heterocycles. The average Bonchev–Trinajstić information content (AvgIpc) is 2.86. The van der Waals surface area contributed by atoms with Crippen LogP contribution in [-0.2, 0) is 33.5 Å². The molecule has 0 aromatic carbocycles. The lowest BCUT2D eigenvalue weighted by Gasteiger charge is -2.59. The van der Waals surface area contributed by atoms with Crippen molar-refractivity contribution in [2.75, 3.05) is 13.7 Å². The molecular weight excluding hydrogens is 352 g/mol. The van der Waals surface area contributed by atoms with Crippen LogP contribution in [0, 0.1) is 23.7 Å². The van der Waals surface area contributed by atoms with Gasteiger partial charge in [-0.15, -0.1) is 0 Å². The van der Waals surface area contributed by atoms with E-state index in [2.05, 4.69) is 13.8 Å². The Bertz CT molecular complexity index is 569. The molecule has 154 valence electrons. The predicted octanol–water partition coefficient (Wildman–Crippen LogP) is 3.16.